The molecule has 0 fully saturated rings. The largest absolute Gasteiger partial charge is 0.378 e. The molecule has 0 aliphatic carbocycles. The van der Waals surface area contributed by atoms with Gasteiger partial charge < -0.3 is 5.32 Å². The molecule has 100 valence electrons. The summed E-state index contributed by atoms with van der Waals surface area (Å²) >= 11 is 9.36. The molecule has 1 atom stereocenters. The molecule has 0 aliphatic rings. The van der Waals surface area contributed by atoms with Crippen LogP contribution in [0.4, 0.5) is 10.1 Å². The van der Waals surface area contributed by atoms with Crippen molar-refractivity contribution in [1.82, 2.24) is 0 Å². The van der Waals surface area contributed by atoms with Crippen molar-refractivity contribution in [3.63, 3.8) is 0 Å². The SMILES string of the molecule is CCC(Nc1ccc(Cl)c(Br)c1)c1cccc(F)c1. The van der Waals surface area contributed by atoms with Gasteiger partial charge in [-0.1, -0.05) is 30.7 Å². The Hall–Kier alpha value is -1.06. The minimum atomic E-state index is -0.213. The van der Waals surface area contributed by atoms with Gasteiger partial charge in [0.15, 0.2) is 0 Å². The van der Waals surface area contributed by atoms with Crippen molar-refractivity contribution in [2.45, 2.75) is 19.4 Å². The van der Waals surface area contributed by atoms with Crippen LogP contribution in [-0.2, 0) is 0 Å². The van der Waals surface area contributed by atoms with Gasteiger partial charge in [-0.15, -0.1) is 0 Å². The van der Waals surface area contributed by atoms with Crippen LogP contribution in [0.5, 0.6) is 0 Å². The fraction of sp³-hybridized carbons (Fsp3) is 0.200. The quantitative estimate of drug-likeness (QED) is 0.740. The third-order valence-electron chi connectivity index (χ3n) is 2.92. The van der Waals surface area contributed by atoms with Crippen molar-refractivity contribution in [3.05, 3.63) is 63.3 Å². The minimum Gasteiger partial charge on any atom is -0.378 e. The summed E-state index contributed by atoms with van der Waals surface area (Å²) in [5.74, 6) is -0.213. The third kappa shape index (κ3) is 3.71. The number of nitrogens with one attached hydrogen (secondary N) is 1. The van der Waals surface area contributed by atoms with Crippen molar-refractivity contribution in [1.29, 1.82) is 0 Å². The van der Waals surface area contributed by atoms with Crippen molar-refractivity contribution in [2.75, 3.05) is 5.32 Å². The zero-order chi connectivity index (χ0) is 13.8. The maximum absolute atomic E-state index is 13.3. The highest BCUT2D eigenvalue weighted by atomic mass is 79.9. The van der Waals surface area contributed by atoms with Crippen LogP contribution in [0.15, 0.2) is 46.9 Å². The smallest absolute Gasteiger partial charge is 0.123 e. The molecule has 0 heterocycles. The molecule has 0 amide bonds. The Morgan fingerprint density at radius 1 is 1.26 bits per heavy atom. The molecule has 19 heavy (non-hydrogen) atoms. The number of hydrogen-bond donors (Lipinski definition) is 1. The van der Waals surface area contributed by atoms with Gasteiger partial charge in [0.2, 0.25) is 0 Å². The maximum Gasteiger partial charge on any atom is 0.123 e. The molecule has 1 unspecified atom stereocenters. The zero-order valence-electron chi connectivity index (χ0n) is 10.5. The van der Waals surface area contributed by atoms with E-state index in [-0.39, 0.29) is 11.9 Å². The topological polar surface area (TPSA) is 12.0 Å². The van der Waals surface area contributed by atoms with E-state index in [4.69, 9.17) is 11.6 Å². The molecule has 0 radical (unpaired) electrons. The van der Waals surface area contributed by atoms with Crippen LogP contribution in [0.1, 0.15) is 24.9 Å². The zero-order valence-corrected chi connectivity index (χ0v) is 12.8. The van der Waals surface area contributed by atoms with Crippen LogP contribution in [-0.4, -0.2) is 0 Å². The summed E-state index contributed by atoms with van der Waals surface area (Å²) < 4.78 is 14.1. The van der Waals surface area contributed by atoms with Gasteiger partial charge in [-0.2, -0.15) is 0 Å². The van der Waals surface area contributed by atoms with E-state index in [1.807, 2.05) is 24.3 Å². The van der Waals surface area contributed by atoms with Crippen LogP contribution in [0, 0.1) is 5.82 Å². The van der Waals surface area contributed by atoms with Gasteiger partial charge in [-0.3, -0.25) is 0 Å². The standard InChI is InChI=1S/C15H14BrClFN/c1-2-15(10-4-3-5-11(18)8-10)19-12-6-7-14(17)13(16)9-12/h3-9,15,19H,2H2,1H3. The molecule has 0 saturated carbocycles. The average Bonchev–Trinajstić information content (AvgIpc) is 2.40. The predicted octanol–water partition coefficient (Wildman–Crippen LogP) is 5.80. The lowest BCUT2D eigenvalue weighted by Gasteiger charge is -2.19. The van der Waals surface area contributed by atoms with E-state index < -0.39 is 0 Å². The highest BCUT2D eigenvalue weighted by molar-refractivity contribution is 9.10. The van der Waals surface area contributed by atoms with Gasteiger partial charge in [-0.25, -0.2) is 4.39 Å². The van der Waals surface area contributed by atoms with Gasteiger partial charge in [0.25, 0.3) is 0 Å². The van der Waals surface area contributed by atoms with Crippen LogP contribution in [0.3, 0.4) is 0 Å². The van der Waals surface area contributed by atoms with Crippen molar-refractivity contribution >= 4 is 33.2 Å². The molecule has 2 aromatic rings. The van der Waals surface area contributed by atoms with Gasteiger partial charge in [0.05, 0.1) is 11.1 Å². The fourth-order valence-corrected chi connectivity index (χ4v) is 2.43. The number of hydrogen-bond acceptors (Lipinski definition) is 1. The highest BCUT2D eigenvalue weighted by Crippen LogP contribution is 2.29. The Labute approximate surface area is 125 Å². The molecule has 0 aliphatic heterocycles. The van der Waals surface area contributed by atoms with Crippen LogP contribution in [0.25, 0.3) is 0 Å². The van der Waals surface area contributed by atoms with Crippen molar-refractivity contribution < 1.29 is 4.39 Å². The number of rotatable bonds is 4. The Morgan fingerprint density at radius 3 is 2.68 bits per heavy atom. The number of anilines is 1. The average molecular weight is 343 g/mol. The first-order chi connectivity index (χ1) is 9.10. The van der Waals surface area contributed by atoms with E-state index in [2.05, 4.69) is 28.2 Å². The molecule has 0 saturated heterocycles. The van der Waals surface area contributed by atoms with Gasteiger partial charge in [-0.05, 0) is 58.2 Å². The molecule has 0 spiro atoms. The summed E-state index contributed by atoms with van der Waals surface area (Å²) in [5, 5.41) is 4.06. The number of halogens is 3. The Kier molecular flexibility index (Phi) is 4.83. The first-order valence-corrected chi connectivity index (χ1v) is 7.24. The van der Waals surface area contributed by atoms with Gasteiger partial charge in [0, 0.05) is 10.2 Å². The fourth-order valence-electron chi connectivity index (χ4n) is 1.93. The molecule has 2 aromatic carbocycles. The van der Waals surface area contributed by atoms with E-state index in [0.717, 1.165) is 22.1 Å². The summed E-state index contributed by atoms with van der Waals surface area (Å²) in [6.45, 7) is 2.06. The Balaban J connectivity index is 2.21. The molecule has 1 nitrogen and oxygen atoms in total. The Bertz CT molecular complexity index is 574. The lowest BCUT2D eigenvalue weighted by Crippen LogP contribution is -2.09. The summed E-state index contributed by atoms with van der Waals surface area (Å²) in [6.07, 6.45) is 0.865. The van der Waals surface area contributed by atoms with E-state index in [1.165, 1.54) is 6.07 Å². The molecule has 0 aromatic heterocycles. The van der Waals surface area contributed by atoms with Crippen molar-refractivity contribution in [3.8, 4) is 0 Å². The van der Waals surface area contributed by atoms with Crippen molar-refractivity contribution in [2.24, 2.45) is 0 Å². The normalized spacial score (nSPS) is 12.2. The minimum absolute atomic E-state index is 0.0729. The number of benzene rings is 2. The second-order valence-electron chi connectivity index (χ2n) is 4.29. The van der Waals surface area contributed by atoms with Gasteiger partial charge >= 0.3 is 0 Å². The molecule has 4 heteroatoms. The summed E-state index contributed by atoms with van der Waals surface area (Å²) in [4.78, 5) is 0. The van der Waals surface area contributed by atoms with E-state index in [0.29, 0.717) is 5.02 Å². The maximum atomic E-state index is 13.3. The third-order valence-corrected chi connectivity index (χ3v) is 4.13. The van der Waals surface area contributed by atoms with E-state index in [1.54, 1.807) is 12.1 Å². The van der Waals surface area contributed by atoms with Crippen LogP contribution >= 0.6 is 27.5 Å². The van der Waals surface area contributed by atoms with E-state index >= 15 is 0 Å². The Morgan fingerprint density at radius 2 is 2.05 bits per heavy atom. The molecule has 2 rings (SSSR count). The molecule has 0 bridgehead atoms. The lowest BCUT2D eigenvalue weighted by atomic mass is 10.0. The monoisotopic (exact) mass is 341 g/mol. The summed E-state index contributed by atoms with van der Waals surface area (Å²) in [7, 11) is 0. The first-order valence-electron chi connectivity index (χ1n) is 6.07. The molecular weight excluding hydrogens is 329 g/mol. The summed E-state index contributed by atoms with van der Waals surface area (Å²) in [5.41, 5.74) is 1.89. The highest BCUT2D eigenvalue weighted by Gasteiger charge is 2.10. The van der Waals surface area contributed by atoms with Crippen LogP contribution < -0.4 is 5.32 Å². The molecule has 1 N–H and O–H groups in total. The van der Waals surface area contributed by atoms with Crippen LogP contribution in [0.2, 0.25) is 5.02 Å². The molecular formula is C15H14BrClFN. The lowest BCUT2D eigenvalue weighted by molar-refractivity contribution is 0.621. The second-order valence-corrected chi connectivity index (χ2v) is 5.55. The first kappa shape index (κ1) is 14.4. The predicted molar refractivity (Wildman–Crippen MR) is 82.2 cm³/mol. The van der Waals surface area contributed by atoms with E-state index in [9.17, 15) is 4.39 Å². The second kappa shape index (κ2) is 6.40. The van der Waals surface area contributed by atoms with Gasteiger partial charge in [0.1, 0.15) is 5.82 Å². The summed E-state index contributed by atoms with van der Waals surface area (Å²) in [6, 6.07) is 12.4.